The number of carbonyl (C=O) groups is 3. The van der Waals surface area contributed by atoms with Crippen LogP contribution in [0, 0.1) is 6.92 Å². The number of hydrogen-bond acceptors (Lipinski definition) is 5. The molecule has 0 fully saturated rings. The molecule has 0 bridgehead atoms. The van der Waals surface area contributed by atoms with E-state index < -0.39 is 0 Å². The first-order chi connectivity index (χ1) is 12.0. The van der Waals surface area contributed by atoms with Gasteiger partial charge in [0.25, 0.3) is 11.8 Å². The van der Waals surface area contributed by atoms with Gasteiger partial charge in [-0.3, -0.25) is 14.4 Å². The minimum absolute atomic E-state index is 0.00853. The van der Waals surface area contributed by atoms with Crippen molar-refractivity contribution in [3.05, 3.63) is 40.7 Å². The van der Waals surface area contributed by atoms with Gasteiger partial charge in [-0.1, -0.05) is 0 Å². The first kappa shape index (κ1) is 18.7. The van der Waals surface area contributed by atoms with E-state index in [0.29, 0.717) is 23.0 Å². The van der Waals surface area contributed by atoms with Gasteiger partial charge in [0.1, 0.15) is 0 Å². The highest BCUT2D eigenvalue weighted by Gasteiger charge is 2.22. The van der Waals surface area contributed by atoms with Crippen molar-refractivity contribution in [3.8, 4) is 0 Å². The number of furan rings is 1. The predicted octanol–water partition coefficient (Wildman–Crippen LogP) is 2.50. The molecule has 2 N–H and O–H groups in total. The molecule has 0 aromatic carbocycles. The van der Waals surface area contributed by atoms with Gasteiger partial charge < -0.3 is 20.0 Å². The van der Waals surface area contributed by atoms with Crippen molar-refractivity contribution in [2.45, 2.75) is 20.8 Å². The summed E-state index contributed by atoms with van der Waals surface area (Å²) in [5.41, 5.74) is 0.749. The number of carbonyl (C=O) groups excluding carboxylic acids is 3. The van der Waals surface area contributed by atoms with Gasteiger partial charge in [0.05, 0.1) is 22.7 Å². The van der Waals surface area contributed by atoms with E-state index in [1.165, 1.54) is 22.5 Å². The zero-order chi connectivity index (χ0) is 18.4. The summed E-state index contributed by atoms with van der Waals surface area (Å²) >= 11 is 1.18. The van der Waals surface area contributed by atoms with Gasteiger partial charge in [-0.15, -0.1) is 11.3 Å². The smallest absolute Gasteiger partial charge is 0.291 e. The van der Waals surface area contributed by atoms with Crippen molar-refractivity contribution in [3.63, 3.8) is 0 Å². The van der Waals surface area contributed by atoms with Gasteiger partial charge in [-0.05, 0) is 44.5 Å². The second-order valence-electron chi connectivity index (χ2n) is 5.33. The van der Waals surface area contributed by atoms with Crippen LogP contribution in [0.15, 0.2) is 28.9 Å². The number of anilines is 1. The highest BCUT2D eigenvalue weighted by Crippen LogP contribution is 2.28. The Balaban J connectivity index is 2.10. The second-order valence-corrected chi connectivity index (χ2v) is 6.38. The Bertz CT molecular complexity index is 752. The largest absolute Gasteiger partial charge is 0.459 e. The summed E-state index contributed by atoms with van der Waals surface area (Å²) in [6.07, 6.45) is 1.42. The van der Waals surface area contributed by atoms with Crippen LogP contribution in [0.25, 0.3) is 0 Å². The van der Waals surface area contributed by atoms with E-state index >= 15 is 0 Å². The molecule has 0 radical (unpaired) electrons. The fourth-order valence-corrected chi connectivity index (χ4v) is 3.27. The van der Waals surface area contributed by atoms with E-state index in [1.807, 2.05) is 13.8 Å². The third-order valence-corrected chi connectivity index (χ3v) is 4.61. The molecule has 2 aromatic heterocycles. The zero-order valence-electron chi connectivity index (χ0n) is 14.4. The van der Waals surface area contributed by atoms with Crippen molar-refractivity contribution in [2.75, 3.05) is 25.0 Å². The molecule has 0 spiro atoms. The highest BCUT2D eigenvalue weighted by molar-refractivity contribution is 7.18. The number of likely N-dealkylation sites (N-methyl/N-ethyl adjacent to an activating group) is 2. The summed E-state index contributed by atoms with van der Waals surface area (Å²) < 4.78 is 5.05. The molecule has 2 aromatic rings. The Morgan fingerprint density at radius 3 is 2.64 bits per heavy atom. The predicted molar refractivity (Wildman–Crippen MR) is 96.0 cm³/mol. The molecule has 0 aliphatic heterocycles. The van der Waals surface area contributed by atoms with E-state index in [-0.39, 0.29) is 30.0 Å². The van der Waals surface area contributed by atoms with E-state index in [1.54, 1.807) is 25.1 Å². The maximum absolute atomic E-state index is 12.7. The lowest BCUT2D eigenvalue weighted by molar-refractivity contribution is -0.121. The molecule has 2 rings (SSSR count). The van der Waals surface area contributed by atoms with Gasteiger partial charge >= 0.3 is 0 Å². The molecule has 25 heavy (non-hydrogen) atoms. The molecule has 3 amide bonds. The molecular formula is C17H21N3O4S. The lowest BCUT2D eigenvalue weighted by atomic mass is 10.2. The van der Waals surface area contributed by atoms with Crippen LogP contribution in [0.4, 0.5) is 5.00 Å². The fourth-order valence-electron chi connectivity index (χ4n) is 2.23. The van der Waals surface area contributed by atoms with Crippen LogP contribution in [-0.2, 0) is 4.79 Å². The van der Waals surface area contributed by atoms with Gasteiger partial charge in [-0.2, -0.15) is 0 Å². The molecular weight excluding hydrogens is 342 g/mol. The van der Waals surface area contributed by atoms with Crippen molar-refractivity contribution in [1.29, 1.82) is 0 Å². The summed E-state index contributed by atoms with van der Waals surface area (Å²) in [6, 6.07) is 4.93. The monoisotopic (exact) mass is 363 g/mol. The van der Waals surface area contributed by atoms with E-state index in [4.69, 9.17) is 4.42 Å². The molecule has 0 saturated heterocycles. The third kappa shape index (κ3) is 4.69. The number of thiophene rings is 1. The molecule has 0 unspecified atom stereocenters. The third-order valence-electron chi connectivity index (χ3n) is 3.47. The number of rotatable bonds is 7. The normalized spacial score (nSPS) is 10.4. The summed E-state index contributed by atoms with van der Waals surface area (Å²) in [5, 5.41) is 5.95. The van der Waals surface area contributed by atoms with Crippen LogP contribution in [0.2, 0.25) is 0 Å². The van der Waals surface area contributed by atoms with Crippen molar-refractivity contribution >= 4 is 34.1 Å². The van der Waals surface area contributed by atoms with Crippen LogP contribution in [0.3, 0.4) is 0 Å². The average molecular weight is 363 g/mol. The minimum atomic E-state index is -0.375. The number of nitrogens with one attached hydrogen (secondary N) is 2. The fraction of sp³-hybridized carbons (Fsp3) is 0.353. The molecule has 2 heterocycles. The molecule has 0 atom stereocenters. The van der Waals surface area contributed by atoms with Crippen LogP contribution >= 0.6 is 11.3 Å². The van der Waals surface area contributed by atoms with Crippen molar-refractivity contribution < 1.29 is 18.8 Å². The van der Waals surface area contributed by atoms with Gasteiger partial charge in [0, 0.05) is 13.1 Å². The number of aryl methyl sites for hydroxylation is 1. The minimum Gasteiger partial charge on any atom is -0.459 e. The highest BCUT2D eigenvalue weighted by atomic mass is 32.1. The van der Waals surface area contributed by atoms with Gasteiger partial charge in [-0.25, -0.2) is 0 Å². The van der Waals surface area contributed by atoms with Crippen LogP contribution in [0.5, 0.6) is 0 Å². The Kier molecular flexibility index (Phi) is 6.35. The average Bonchev–Trinajstić information content (AvgIpc) is 3.22. The standard InChI is InChI=1S/C17H21N3O4S/c1-4-18-13(21)10-20(5-2)17(23)15-11(3)9-14(25-15)19-16(22)12-7-6-8-24-12/h6-9H,4-5,10H2,1-3H3,(H,18,21)(H,19,22). The summed E-state index contributed by atoms with van der Waals surface area (Å²) in [4.78, 5) is 38.4. The summed E-state index contributed by atoms with van der Waals surface area (Å²) in [5.74, 6) is -0.599. The maximum Gasteiger partial charge on any atom is 0.291 e. The van der Waals surface area contributed by atoms with Crippen molar-refractivity contribution in [2.24, 2.45) is 0 Å². The number of hydrogen-bond donors (Lipinski definition) is 2. The molecule has 8 heteroatoms. The lowest BCUT2D eigenvalue weighted by Gasteiger charge is -2.19. The van der Waals surface area contributed by atoms with Crippen LogP contribution in [-0.4, -0.2) is 42.3 Å². The molecule has 0 aliphatic rings. The van der Waals surface area contributed by atoms with Crippen LogP contribution < -0.4 is 10.6 Å². The van der Waals surface area contributed by atoms with E-state index in [0.717, 1.165) is 5.56 Å². The summed E-state index contributed by atoms with van der Waals surface area (Å²) in [7, 11) is 0. The van der Waals surface area contributed by atoms with Gasteiger partial charge in [0.2, 0.25) is 5.91 Å². The topological polar surface area (TPSA) is 91.7 Å². The maximum atomic E-state index is 12.7. The van der Waals surface area contributed by atoms with Gasteiger partial charge in [0.15, 0.2) is 5.76 Å². The Morgan fingerprint density at radius 2 is 2.04 bits per heavy atom. The molecule has 134 valence electrons. The zero-order valence-corrected chi connectivity index (χ0v) is 15.2. The summed E-state index contributed by atoms with van der Waals surface area (Å²) in [6.45, 7) is 6.39. The first-order valence-corrected chi connectivity index (χ1v) is 8.79. The Labute approximate surface area is 150 Å². The number of nitrogens with zero attached hydrogens (tertiary/aromatic N) is 1. The Hall–Kier alpha value is -2.61. The molecule has 0 aliphatic carbocycles. The molecule has 7 nitrogen and oxygen atoms in total. The van der Waals surface area contributed by atoms with Crippen LogP contribution in [0.1, 0.15) is 39.6 Å². The molecule has 0 saturated carbocycles. The van der Waals surface area contributed by atoms with E-state index in [2.05, 4.69) is 10.6 Å². The van der Waals surface area contributed by atoms with Crippen molar-refractivity contribution in [1.82, 2.24) is 10.2 Å². The van der Waals surface area contributed by atoms with E-state index in [9.17, 15) is 14.4 Å². The Morgan fingerprint density at radius 1 is 1.28 bits per heavy atom. The SMILES string of the molecule is CCNC(=O)CN(CC)C(=O)c1sc(NC(=O)c2ccco2)cc1C. The number of amides is 3. The second kappa shape index (κ2) is 8.48. The first-order valence-electron chi connectivity index (χ1n) is 7.97. The quantitative estimate of drug-likeness (QED) is 0.791. The lowest BCUT2D eigenvalue weighted by Crippen LogP contribution is -2.40.